The molecular weight excluding hydrogens is 238 g/mol. The van der Waals surface area contributed by atoms with E-state index in [0.717, 1.165) is 26.2 Å². The first kappa shape index (κ1) is 14.2. The Morgan fingerprint density at radius 3 is 2.53 bits per heavy atom. The van der Waals surface area contributed by atoms with Crippen molar-refractivity contribution in [3.05, 3.63) is 35.9 Å². The zero-order valence-corrected chi connectivity index (χ0v) is 11.5. The lowest BCUT2D eigenvalue weighted by Crippen LogP contribution is -2.49. The van der Waals surface area contributed by atoms with E-state index in [2.05, 4.69) is 35.2 Å². The Morgan fingerprint density at radius 2 is 1.84 bits per heavy atom. The van der Waals surface area contributed by atoms with Gasteiger partial charge in [0.1, 0.15) is 6.79 Å². The first-order chi connectivity index (χ1) is 9.36. The Bertz CT molecular complexity index is 374. The molecule has 3 rings (SSSR count). The highest BCUT2D eigenvalue weighted by Crippen LogP contribution is 2.36. The summed E-state index contributed by atoms with van der Waals surface area (Å²) in [6, 6.07) is 10.8. The fraction of sp³-hybridized carbons (Fsp3) is 0.562. The van der Waals surface area contributed by atoms with E-state index in [9.17, 15) is 0 Å². The van der Waals surface area contributed by atoms with Crippen molar-refractivity contribution in [1.82, 2.24) is 4.90 Å². The molecule has 3 heteroatoms. The average molecular weight is 261 g/mol. The molecule has 1 spiro atoms. The van der Waals surface area contributed by atoms with Crippen molar-refractivity contribution in [2.75, 3.05) is 19.7 Å². The number of morpholine rings is 1. The van der Waals surface area contributed by atoms with Gasteiger partial charge in [0.2, 0.25) is 0 Å². The first-order valence-electron chi connectivity index (χ1n) is 7.06. The van der Waals surface area contributed by atoms with Gasteiger partial charge in [-0.2, -0.15) is 0 Å². The molecule has 104 valence electrons. The Balaban J connectivity index is 0.000000637. The molecule has 1 heterocycles. The first-order valence-corrected chi connectivity index (χ1v) is 7.06. The maximum absolute atomic E-state index is 8.00. The number of benzene rings is 1. The van der Waals surface area contributed by atoms with Crippen LogP contribution in [0.3, 0.4) is 0 Å². The van der Waals surface area contributed by atoms with Gasteiger partial charge in [-0.3, -0.25) is 4.90 Å². The van der Waals surface area contributed by atoms with E-state index in [1.165, 1.54) is 31.2 Å². The largest absolute Gasteiger partial charge is 0.372 e. The maximum atomic E-state index is 8.00. The van der Waals surface area contributed by atoms with Gasteiger partial charge in [-0.1, -0.05) is 43.2 Å². The fourth-order valence-corrected chi connectivity index (χ4v) is 3.22. The highest BCUT2D eigenvalue weighted by atomic mass is 16.5. The summed E-state index contributed by atoms with van der Waals surface area (Å²) < 4.78 is 6.05. The van der Waals surface area contributed by atoms with Crippen LogP contribution in [0, 0.1) is 0 Å². The molecule has 0 N–H and O–H groups in total. The third kappa shape index (κ3) is 3.64. The Kier molecular flexibility index (Phi) is 5.11. The quantitative estimate of drug-likeness (QED) is 0.819. The summed E-state index contributed by atoms with van der Waals surface area (Å²) in [6.45, 7) is 6.19. The monoisotopic (exact) mass is 261 g/mol. The molecule has 0 radical (unpaired) electrons. The molecule has 1 aliphatic carbocycles. The molecule has 0 amide bonds. The number of carbonyl (C=O) groups is 1. The average Bonchev–Trinajstić information content (AvgIpc) is 2.90. The minimum absolute atomic E-state index is 0.201. The topological polar surface area (TPSA) is 29.5 Å². The molecule has 1 aromatic rings. The third-order valence-corrected chi connectivity index (χ3v) is 4.09. The van der Waals surface area contributed by atoms with E-state index >= 15 is 0 Å². The van der Waals surface area contributed by atoms with Crippen LogP contribution in [0.5, 0.6) is 0 Å². The molecule has 2 aliphatic rings. The molecule has 0 unspecified atom stereocenters. The van der Waals surface area contributed by atoms with Crippen LogP contribution in [-0.4, -0.2) is 37.0 Å². The highest BCUT2D eigenvalue weighted by molar-refractivity contribution is 5.14. The number of carbonyl (C=O) groups excluding carboxylic acids is 1. The van der Waals surface area contributed by atoms with E-state index in [0.29, 0.717) is 0 Å². The van der Waals surface area contributed by atoms with Crippen molar-refractivity contribution in [1.29, 1.82) is 0 Å². The van der Waals surface area contributed by atoms with Gasteiger partial charge >= 0.3 is 0 Å². The van der Waals surface area contributed by atoms with Crippen molar-refractivity contribution in [2.24, 2.45) is 0 Å². The second kappa shape index (κ2) is 6.83. The Morgan fingerprint density at radius 1 is 1.16 bits per heavy atom. The summed E-state index contributed by atoms with van der Waals surface area (Å²) in [5.74, 6) is 0. The van der Waals surface area contributed by atoms with Crippen LogP contribution in [0.25, 0.3) is 0 Å². The van der Waals surface area contributed by atoms with Crippen molar-refractivity contribution in [3.8, 4) is 0 Å². The van der Waals surface area contributed by atoms with Gasteiger partial charge in [-0.15, -0.1) is 0 Å². The maximum Gasteiger partial charge on any atom is 0.106 e. The molecule has 1 saturated heterocycles. The summed E-state index contributed by atoms with van der Waals surface area (Å²) in [4.78, 5) is 10.6. The molecule has 0 bridgehead atoms. The zero-order chi connectivity index (χ0) is 13.6. The zero-order valence-electron chi connectivity index (χ0n) is 11.5. The molecule has 1 saturated carbocycles. The van der Waals surface area contributed by atoms with Gasteiger partial charge in [0.05, 0.1) is 12.2 Å². The van der Waals surface area contributed by atoms with Crippen LogP contribution >= 0.6 is 0 Å². The van der Waals surface area contributed by atoms with Crippen molar-refractivity contribution >= 4 is 6.79 Å². The molecule has 1 aliphatic heterocycles. The summed E-state index contributed by atoms with van der Waals surface area (Å²) in [5.41, 5.74) is 1.62. The summed E-state index contributed by atoms with van der Waals surface area (Å²) in [5, 5.41) is 0. The summed E-state index contributed by atoms with van der Waals surface area (Å²) in [6.07, 6.45) is 5.22. The SMILES string of the molecule is C=O.c1ccc(CN2CCOC3(CCCC3)C2)cc1. The van der Waals surface area contributed by atoms with Crippen LogP contribution < -0.4 is 0 Å². The van der Waals surface area contributed by atoms with E-state index in [1.54, 1.807) is 0 Å². The van der Waals surface area contributed by atoms with Crippen molar-refractivity contribution < 1.29 is 9.53 Å². The number of hydrogen-bond acceptors (Lipinski definition) is 3. The fourth-order valence-electron chi connectivity index (χ4n) is 3.22. The molecule has 19 heavy (non-hydrogen) atoms. The van der Waals surface area contributed by atoms with Gasteiger partial charge in [0.25, 0.3) is 0 Å². The van der Waals surface area contributed by atoms with E-state index in [-0.39, 0.29) is 5.60 Å². The lowest BCUT2D eigenvalue weighted by atomic mass is 9.99. The number of hydrogen-bond donors (Lipinski definition) is 0. The standard InChI is InChI=1S/C15H21NO.CH2O/c1-2-6-14(7-3-1)12-16-10-11-17-15(13-16)8-4-5-9-15;1-2/h1-3,6-7H,4-5,8-13H2;1H2. The minimum Gasteiger partial charge on any atom is -0.372 e. The molecular formula is C16H23NO2. The smallest absolute Gasteiger partial charge is 0.106 e. The lowest BCUT2D eigenvalue weighted by molar-refractivity contribution is -0.107. The third-order valence-electron chi connectivity index (χ3n) is 4.09. The van der Waals surface area contributed by atoms with E-state index in [4.69, 9.17) is 9.53 Å². The molecule has 3 nitrogen and oxygen atoms in total. The predicted octanol–water partition coefficient (Wildman–Crippen LogP) is 2.65. The minimum atomic E-state index is 0.201. The van der Waals surface area contributed by atoms with Gasteiger partial charge in [0, 0.05) is 19.6 Å². The van der Waals surface area contributed by atoms with Crippen molar-refractivity contribution in [2.45, 2.75) is 37.8 Å². The van der Waals surface area contributed by atoms with Crippen LogP contribution in [0.15, 0.2) is 30.3 Å². The number of rotatable bonds is 2. The second-order valence-corrected chi connectivity index (χ2v) is 5.43. The second-order valence-electron chi connectivity index (χ2n) is 5.43. The lowest BCUT2D eigenvalue weighted by Gasteiger charge is -2.40. The van der Waals surface area contributed by atoms with Gasteiger partial charge < -0.3 is 9.53 Å². The number of nitrogens with zero attached hydrogens (tertiary/aromatic N) is 1. The molecule has 0 atom stereocenters. The summed E-state index contributed by atoms with van der Waals surface area (Å²) >= 11 is 0. The molecule has 1 aromatic carbocycles. The van der Waals surface area contributed by atoms with Crippen LogP contribution in [0.1, 0.15) is 31.2 Å². The Labute approximate surface area is 115 Å². The highest BCUT2D eigenvalue weighted by Gasteiger charge is 2.38. The van der Waals surface area contributed by atoms with Gasteiger partial charge in [-0.25, -0.2) is 0 Å². The number of ether oxygens (including phenoxy) is 1. The summed E-state index contributed by atoms with van der Waals surface area (Å²) in [7, 11) is 0. The van der Waals surface area contributed by atoms with Crippen LogP contribution in [-0.2, 0) is 16.1 Å². The molecule has 2 fully saturated rings. The Hall–Kier alpha value is -1.19. The van der Waals surface area contributed by atoms with Gasteiger partial charge in [-0.05, 0) is 18.4 Å². The van der Waals surface area contributed by atoms with Crippen molar-refractivity contribution in [3.63, 3.8) is 0 Å². The van der Waals surface area contributed by atoms with Crippen LogP contribution in [0.4, 0.5) is 0 Å². The predicted molar refractivity (Wildman–Crippen MR) is 76.0 cm³/mol. The molecule has 0 aromatic heterocycles. The van der Waals surface area contributed by atoms with E-state index in [1.807, 2.05) is 6.79 Å². The normalized spacial score (nSPS) is 21.9. The van der Waals surface area contributed by atoms with Gasteiger partial charge in [0.15, 0.2) is 0 Å². The van der Waals surface area contributed by atoms with Crippen LogP contribution in [0.2, 0.25) is 0 Å². The van der Waals surface area contributed by atoms with E-state index < -0.39 is 0 Å².